The molecule has 0 unspecified atom stereocenters. The van der Waals surface area contributed by atoms with Gasteiger partial charge in [0.25, 0.3) is 11.6 Å². The Morgan fingerprint density at radius 2 is 1.87 bits per heavy atom. The fourth-order valence-electron chi connectivity index (χ4n) is 3.43. The molecular formula is C22H25N3O5. The summed E-state index contributed by atoms with van der Waals surface area (Å²) in [6.45, 7) is 1.92. The number of esters is 1. The lowest BCUT2D eigenvalue weighted by atomic mass is 10.1. The van der Waals surface area contributed by atoms with Crippen molar-refractivity contribution in [3.05, 3.63) is 69.8 Å². The zero-order chi connectivity index (χ0) is 21.5. The molecule has 158 valence electrons. The van der Waals surface area contributed by atoms with E-state index in [1.807, 2.05) is 30.3 Å². The molecule has 0 spiro atoms. The molecule has 1 amide bonds. The van der Waals surface area contributed by atoms with Crippen molar-refractivity contribution in [1.29, 1.82) is 0 Å². The van der Waals surface area contributed by atoms with Crippen LogP contribution in [0.25, 0.3) is 0 Å². The molecule has 1 fully saturated rings. The average molecular weight is 411 g/mol. The summed E-state index contributed by atoms with van der Waals surface area (Å²) in [5, 5.41) is 17.2. The van der Waals surface area contributed by atoms with E-state index in [2.05, 4.69) is 10.6 Å². The lowest BCUT2D eigenvalue weighted by Crippen LogP contribution is -2.40. The van der Waals surface area contributed by atoms with Gasteiger partial charge in [-0.3, -0.25) is 14.9 Å². The number of non-ortho nitro benzene ring substituents is 1. The number of ether oxygens (including phenoxy) is 1. The van der Waals surface area contributed by atoms with Gasteiger partial charge in [0.1, 0.15) is 0 Å². The van der Waals surface area contributed by atoms with Crippen molar-refractivity contribution in [2.24, 2.45) is 0 Å². The molecule has 2 aromatic carbocycles. The van der Waals surface area contributed by atoms with Gasteiger partial charge in [0.15, 0.2) is 6.10 Å². The highest BCUT2D eigenvalue weighted by Gasteiger charge is 2.25. The van der Waals surface area contributed by atoms with Crippen LogP contribution in [0, 0.1) is 10.1 Å². The number of hydrogen-bond donors (Lipinski definition) is 2. The smallest absolute Gasteiger partial charge is 0.341 e. The summed E-state index contributed by atoms with van der Waals surface area (Å²) in [7, 11) is 0. The Bertz CT molecular complexity index is 910. The van der Waals surface area contributed by atoms with Crippen molar-refractivity contribution < 1.29 is 19.2 Å². The molecule has 1 atom stereocenters. The van der Waals surface area contributed by atoms with Crippen LogP contribution in [0.2, 0.25) is 0 Å². The van der Waals surface area contributed by atoms with Crippen molar-refractivity contribution in [1.82, 2.24) is 5.32 Å². The normalized spacial score (nSPS) is 14.7. The van der Waals surface area contributed by atoms with Gasteiger partial charge in [-0.2, -0.15) is 0 Å². The zero-order valence-corrected chi connectivity index (χ0v) is 16.8. The lowest BCUT2D eigenvalue weighted by molar-refractivity contribution is -0.384. The minimum atomic E-state index is -1.00. The molecule has 30 heavy (non-hydrogen) atoms. The standard InChI is InChI=1S/C22H25N3O5/c1-15(21(26)24-17-9-5-6-10-17)30-22(27)19-13-18(25(28)29)11-12-20(19)23-14-16-7-3-2-4-8-16/h2-4,7-8,11-13,15,17,23H,5-6,9-10,14H2,1H3,(H,24,26)/t15-/m0/s1. The van der Waals surface area contributed by atoms with Crippen molar-refractivity contribution in [2.75, 3.05) is 5.32 Å². The third kappa shape index (κ3) is 5.56. The minimum Gasteiger partial charge on any atom is -0.449 e. The van der Waals surface area contributed by atoms with Gasteiger partial charge in [0, 0.05) is 30.4 Å². The Morgan fingerprint density at radius 3 is 2.53 bits per heavy atom. The van der Waals surface area contributed by atoms with Gasteiger partial charge < -0.3 is 15.4 Å². The van der Waals surface area contributed by atoms with Crippen LogP contribution in [-0.4, -0.2) is 28.9 Å². The van der Waals surface area contributed by atoms with E-state index in [-0.39, 0.29) is 23.2 Å². The number of nitro groups is 1. The number of rotatable bonds is 8. The number of hydrogen-bond acceptors (Lipinski definition) is 6. The number of benzene rings is 2. The fraction of sp³-hybridized carbons (Fsp3) is 0.364. The predicted octanol–water partition coefficient (Wildman–Crippen LogP) is 3.81. The predicted molar refractivity (Wildman–Crippen MR) is 112 cm³/mol. The van der Waals surface area contributed by atoms with Crippen molar-refractivity contribution in [3.63, 3.8) is 0 Å². The van der Waals surface area contributed by atoms with Crippen molar-refractivity contribution in [3.8, 4) is 0 Å². The van der Waals surface area contributed by atoms with Crippen LogP contribution in [0.15, 0.2) is 48.5 Å². The number of anilines is 1. The summed E-state index contributed by atoms with van der Waals surface area (Å²) in [5.41, 5.74) is 1.17. The number of nitrogens with one attached hydrogen (secondary N) is 2. The minimum absolute atomic E-state index is 0.0145. The highest BCUT2D eigenvalue weighted by Crippen LogP contribution is 2.24. The van der Waals surface area contributed by atoms with Gasteiger partial charge in [-0.15, -0.1) is 0 Å². The van der Waals surface area contributed by atoms with E-state index >= 15 is 0 Å². The lowest BCUT2D eigenvalue weighted by Gasteiger charge is -2.18. The van der Waals surface area contributed by atoms with Gasteiger partial charge in [-0.05, 0) is 31.4 Å². The molecule has 0 heterocycles. The van der Waals surface area contributed by atoms with Gasteiger partial charge in [0.2, 0.25) is 0 Å². The largest absolute Gasteiger partial charge is 0.449 e. The highest BCUT2D eigenvalue weighted by molar-refractivity contribution is 5.98. The molecule has 0 saturated heterocycles. The summed E-state index contributed by atoms with van der Waals surface area (Å²) in [6.07, 6.45) is 2.99. The van der Waals surface area contributed by atoms with Crippen LogP contribution >= 0.6 is 0 Å². The first-order valence-electron chi connectivity index (χ1n) is 10.0. The molecule has 0 bridgehead atoms. The molecule has 0 aromatic heterocycles. The second kappa shape index (κ2) is 9.87. The second-order valence-corrected chi connectivity index (χ2v) is 7.36. The van der Waals surface area contributed by atoms with E-state index in [0.29, 0.717) is 12.2 Å². The Morgan fingerprint density at radius 1 is 1.17 bits per heavy atom. The third-order valence-electron chi connectivity index (χ3n) is 5.11. The fourth-order valence-corrected chi connectivity index (χ4v) is 3.43. The van der Waals surface area contributed by atoms with E-state index < -0.39 is 17.0 Å². The molecule has 2 aromatic rings. The summed E-state index contributed by atoms with van der Waals surface area (Å²) in [5.74, 6) is -1.15. The molecule has 0 radical (unpaired) electrons. The van der Waals surface area contributed by atoms with Crippen LogP contribution in [-0.2, 0) is 16.1 Å². The first-order chi connectivity index (χ1) is 14.4. The summed E-state index contributed by atoms with van der Waals surface area (Å²) >= 11 is 0. The average Bonchev–Trinajstić information content (AvgIpc) is 3.25. The molecule has 1 aliphatic carbocycles. The highest BCUT2D eigenvalue weighted by atomic mass is 16.6. The van der Waals surface area contributed by atoms with Gasteiger partial charge >= 0.3 is 5.97 Å². The van der Waals surface area contributed by atoms with E-state index in [0.717, 1.165) is 37.3 Å². The molecule has 2 N–H and O–H groups in total. The Labute approximate surface area is 174 Å². The number of carbonyl (C=O) groups excluding carboxylic acids is 2. The van der Waals surface area contributed by atoms with Crippen LogP contribution in [0.3, 0.4) is 0 Å². The van der Waals surface area contributed by atoms with Crippen LogP contribution in [0.4, 0.5) is 11.4 Å². The first-order valence-corrected chi connectivity index (χ1v) is 10.0. The van der Waals surface area contributed by atoms with Gasteiger partial charge in [0.05, 0.1) is 10.5 Å². The molecule has 0 aliphatic heterocycles. The van der Waals surface area contributed by atoms with Crippen molar-refractivity contribution in [2.45, 2.75) is 51.3 Å². The molecule has 1 aliphatic rings. The maximum Gasteiger partial charge on any atom is 0.341 e. The second-order valence-electron chi connectivity index (χ2n) is 7.36. The summed E-state index contributed by atoms with van der Waals surface area (Å²) in [6, 6.07) is 13.6. The molecule has 3 rings (SSSR count). The molecule has 1 saturated carbocycles. The number of nitro benzene ring substituents is 1. The quantitative estimate of drug-likeness (QED) is 0.388. The molecule has 8 heteroatoms. The maximum absolute atomic E-state index is 12.7. The Hall–Kier alpha value is -3.42. The SMILES string of the molecule is C[C@H](OC(=O)c1cc([N+](=O)[O-])ccc1NCc1ccccc1)C(=O)NC1CCCC1. The number of nitrogens with zero attached hydrogens (tertiary/aromatic N) is 1. The molecular weight excluding hydrogens is 386 g/mol. The monoisotopic (exact) mass is 411 g/mol. The van der Waals surface area contributed by atoms with Crippen LogP contribution in [0.1, 0.15) is 48.5 Å². The Balaban J connectivity index is 1.72. The number of amides is 1. The van der Waals surface area contributed by atoms with Gasteiger partial charge in [-0.1, -0.05) is 43.2 Å². The Kier molecular flexibility index (Phi) is 7.00. The summed E-state index contributed by atoms with van der Waals surface area (Å²) in [4.78, 5) is 35.6. The molecule has 8 nitrogen and oxygen atoms in total. The summed E-state index contributed by atoms with van der Waals surface area (Å²) < 4.78 is 5.32. The van der Waals surface area contributed by atoms with E-state index in [4.69, 9.17) is 4.74 Å². The van der Waals surface area contributed by atoms with E-state index in [1.165, 1.54) is 19.1 Å². The maximum atomic E-state index is 12.7. The van der Waals surface area contributed by atoms with Gasteiger partial charge in [-0.25, -0.2) is 4.79 Å². The van der Waals surface area contributed by atoms with E-state index in [9.17, 15) is 19.7 Å². The van der Waals surface area contributed by atoms with E-state index in [1.54, 1.807) is 0 Å². The van der Waals surface area contributed by atoms with Crippen LogP contribution < -0.4 is 10.6 Å². The zero-order valence-electron chi connectivity index (χ0n) is 16.8. The van der Waals surface area contributed by atoms with Crippen LogP contribution in [0.5, 0.6) is 0 Å². The van der Waals surface area contributed by atoms with Crippen molar-refractivity contribution >= 4 is 23.3 Å². The first kappa shape index (κ1) is 21.3. The third-order valence-corrected chi connectivity index (χ3v) is 5.11. The number of carbonyl (C=O) groups is 2. The topological polar surface area (TPSA) is 111 Å².